The number of nitrogens with two attached hydrogens (primary N) is 1. The standard InChI is InChI=1S/C19H24N2O/c1-2-3-14-17(20)19(22)21-18(15-10-6-4-7-11-15)16-12-8-5-9-13-16/h4-13,17-18H,2-3,14,20H2,1H3,(H,21,22)/t17-/m0/s1. The molecule has 0 aliphatic heterocycles. The van der Waals surface area contributed by atoms with Crippen LogP contribution in [0.1, 0.15) is 43.4 Å². The highest BCUT2D eigenvalue weighted by atomic mass is 16.2. The van der Waals surface area contributed by atoms with E-state index in [0.717, 1.165) is 30.4 Å². The normalized spacial score (nSPS) is 12.1. The third-order valence-electron chi connectivity index (χ3n) is 3.76. The van der Waals surface area contributed by atoms with Gasteiger partial charge < -0.3 is 11.1 Å². The van der Waals surface area contributed by atoms with Gasteiger partial charge in [0, 0.05) is 0 Å². The molecule has 3 heteroatoms. The fraction of sp³-hybridized carbons (Fsp3) is 0.316. The lowest BCUT2D eigenvalue weighted by Gasteiger charge is -2.22. The zero-order chi connectivity index (χ0) is 15.8. The SMILES string of the molecule is CCCC[C@H](N)C(=O)NC(c1ccccc1)c1ccccc1. The highest BCUT2D eigenvalue weighted by molar-refractivity contribution is 5.82. The largest absolute Gasteiger partial charge is 0.344 e. The topological polar surface area (TPSA) is 55.1 Å². The molecule has 0 aliphatic carbocycles. The van der Waals surface area contributed by atoms with Gasteiger partial charge in [0.25, 0.3) is 0 Å². The summed E-state index contributed by atoms with van der Waals surface area (Å²) in [5, 5.41) is 3.09. The minimum absolute atomic E-state index is 0.0915. The third-order valence-corrected chi connectivity index (χ3v) is 3.76. The van der Waals surface area contributed by atoms with Crippen molar-refractivity contribution < 1.29 is 4.79 Å². The number of hydrogen-bond donors (Lipinski definition) is 2. The first kappa shape index (κ1) is 16.2. The van der Waals surface area contributed by atoms with Crippen LogP contribution in [0, 0.1) is 0 Å². The van der Waals surface area contributed by atoms with Crippen molar-refractivity contribution in [3.63, 3.8) is 0 Å². The molecule has 0 unspecified atom stereocenters. The van der Waals surface area contributed by atoms with Crippen molar-refractivity contribution in [1.82, 2.24) is 5.32 Å². The average molecular weight is 296 g/mol. The summed E-state index contributed by atoms with van der Waals surface area (Å²) in [5.41, 5.74) is 8.12. The highest BCUT2D eigenvalue weighted by Gasteiger charge is 2.20. The van der Waals surface area contributed by atoms with Crippen LogP contribution >= 0.6 is 0 Å². The van der Waals surface area contributed by atoms with Crippen molar-refractivity contribution >= 4 is 5.91 Å². The maximum atomic E-state index is 12.4. The molecule has 0 aliphatic rings. The summed E-state index contributed by atoms with van der Waals surface area (Å²) in [7, 11) is 0. The molecule has 0 aromatic heterocycles. The number of hydrogen-bond acceptors (Lipinski definition) is 2. The summed E-state index contributed by atoms with van der Waals surface area (Å²) in [4.78, 5) is 12.4. The zero-order valence-corrected chi connectivity index (χ0v) is 13.0. The highest BCUT2D eigenvalue weighted by Crippen LogP contribution is 2.21. The second-order valence-electron chi connectivity index (χ2n) is 5.51. The number of rotatable bonds is 7. The van der Waals surface area contributed by atoms with Crippen molar-refractivity contribution in [2.24, 2.45) is 5.73 Å². The van der Waals surface area contributed by atoms with Gasteiger partial charge in [-0.1, -0.05) is 80.4 Å². The molecule has 2 rings (SSSR count). The Bertz CT molecular complexity index is 529. The Hall–Kier alpha value is -2.13. The molecule has 1 amide bonds. The molecule has 2 aromatic rings. The van der Waals surface area contributed by atoms with Crippen LogP contribution in [0.2, 0.25) is 0 Å². The van der Waals surface area contributed by atoms with E-state index in [0.29, 0.717) is 0 Å². The molecule has 116 valence electrons. The van der Waals surface area contributed by atoms with Crippen molar-refractivity contribution in [1.29, 1.82) is 0 Å². The van der Waals surface area contributed by atoms with E-state index in [4.69, 9.17) is 5.73 Å². The molecule has 22 heavy (non-hydrogen) atoms. The Morgan fingerprint density at radius 1 is 1.00 bits per heavy atom. The van der Waals surface area contributed by atoms with Gasteiger partial charge >= 0.3 is 0 Å². The van der Waals surface area contributed by atoms with Crippen molar-refractivity contribution in [2.45, 2.75) is 38.3 Å². The van der Waals surface area contributed by atoms with E-state index in [1.807, 2.05) is 60.7 Å². The number of amides is 1. The van der Waals surface area contributed by atoms with E-state index in [9.17, 15) is 4.79 Å². The second kappa shape index (κ2) is 8.35. The van der Waals surface area contributed by atoms with Crippen molar-refractivity contribution in [3.05, 3.63) is 71.8 Å². The number of unbranched alkanes of at least 4 members (excludes halogenated alkanes) is 1. The lowest BCUT2D eigenvalue weighted by Crippen LogP contribution is -2.42. The molecule has 0 spiro atoms. The Balaban J connectivity index is 2.17. The fourth-order valence-electron chi connectivity index (χ4n) is 2.45. The molecule has 0 fully saturated rings. The maximum Gasteiger partial charge on any atom is 0.237 e. The first-order chi connectivity index (χ1) is 10.7. The van der Waals surface area contributed by atoms with Gasteiger partial charge in [-0.2, -0.15) is 0 Å². The lowest BCUT2D eigenvalue weighted by molar-refractivity contribution is -0.123. The summed E-state index contributed by atoms with van der Waals surface area (Å²) in [6.45, 7) is 2.10. The quantitative estimate of drug-likeness (QED) is 0.822. The van der Waals surface area contributed by atoms with Crippen LogP contribution in [0.25, 0.3) is 0 Å². The number of benzene rings is 2. The third kappa shape index (κ3) is 4.43. The molecule has 0 saturated carbocycles. The second-order valence-corrected chi connectivity index (χ2v) is 5.51. The molecule has 0 saturated heterocycles. The Labute approximate surface area is 132 Å². The van der Waals surface area contributed by atoms with E-state index < -0.39 is 6.04 Å². The van der Waals surface area contributed by atoms with E-state index >= 15 is 0 Å². The molecule has 0 bridgehead atoms. The van der Waals surface area contributed by atoms with Crippen LogP contribution in [-0.4, -0.2) is 11.9 Å². The molecule has 0 radical (unpaired) electrons. The smallest absolute Gasteiger partial charge is 0.237 e. The van der Waals surface area contributed by atoms with E-state index in [1.54, 1.807) is 0 Å². The van der Waals surface area contributed by atoms with Gasteiger partial charge in [0.2, 0.25) is 5.91 Å². The first-order valence-electron chi connectivity index (χ1n) is 7.88. The van der Waals surface area contributed by atoms with Crippen LogP contribution in [0.15, 0.2) is 60.7 Å². The molecule has 2 aromatic carbocycles. The fourth-order valence-corrected chi connectivity index (χ4v) is 2.45. The predicted molar refractivity (Wildman–Crippen MR) is 90.4 cm³/mol. The molecule has 1 atom stereocenters. The molecule has 0 heterocycles. The van der Waals surface area contributed by atoms with Gasteiger partial charge in [-0.3, -0.25) is 4.79 Å². The number of carbonyl (C=O) groups is 1. The zero-order valence-electron chi connectivity index (χ0n) is 13.0. The van der Waals surface area contributed by atoms with Crippen molar-refractivity contribution in [3.8, 4) is 0 Å². The minimum atomic E-state index is -0.449. The summed E-state index contributed by atoms with van der Waals surface area (Å²) >= 11 is 0. The van der Waals surface area contributed by atoms with Gasteiger partial charge in [0.1, 0.15) is 0 Å². The average Bonchev–Trinajstić information content (AvgIpc) is 2.58. The Morgan fingerprint density at radius 2 is 1.50 bits per heavy atom. The van der Waals surface area contributed by atoms with Crippen LogP contribution in [0.4, 0.5) is 0 Å². The summed E-state index contributed by atoms with van der Waals surface area (Å²) in [6, 6.07) is 19.3. The van der Waals surface area contributed by atoms with Gasteiger partial charge in [-0.15, -0.1) is 0 Å². The Morgan fingerprint density at radius 3 is 1.95 bits per heavy atom. The van der Waals surface area contributed by atoms with Crippen LogP contribution in [-0.2, 0) is 4.79 Å². The summed E-state index contributed by atoms with van der Waals surface area (Å²) < 4.78 is 0. The number of carbonyl (C=O) groups excluding carboxylic acids is 1. The lowest BCUT2D eigenvalue weighted by atomic mass is 9.98. The van der Waals surface area contributed by atoms with Crippen LogP contribution in [0.5, 0.6) is 0 Å². The first-order valence-corrected chi connectivity index (χ1v) is 7.88. The predicted octanol–water partition coefficient (Wildman–Crippen LogP) is 3.41. The van der Waals surface area contributed by atoms with Gasteiger partial charge in [-0.25, -0.2) is 0 Å². The van der Waals surface area contributed by atoms with Gasteiger partial charge in [-0.05, 0) is 17.5 Å². The molecule has 3 nitrogen and oxygen atoms in total. The summed E-state index contributed by atoms with van der Waals surface area (Å²) in [5.74, 6) is -0.0915. The number of nitrogens with one attached hydrogen (secondary N) is 1. The van der Waals surface area contributed by atoms with Gasteiger partial charge in [0.15, 0.2) is 0 Å². The maximum absolute atomic E-state index is 12.4. The molecular weight excluding hydrogens is 272 g/mol. The van der Waals surface area contributed by atoms with Crippen LogP contribution < -0.4 is 11.1 Å². The van der Waals surface area contributed by atoms with Crippen LogP contribution in [0.3, 0.4) is 0 Å². The van der Waals surface area contributed by atoms with Gasteiger partial charge in [0.05, 0.1) is 12.1 Å². The van der Waals surface area contributed by atoms with E-state index in [1.165, 1.54) is 0 Å². The van der Waals surface area contributed by atoms with E-state index in [2.05, 4.69) is 12.2 Å². The minimum Gasteiger partial charge on any atom is -0.344 e. The van der Waals surface area contributed by atoms with Crippen molar-refractivity contribution in [2.75, 3.05) is 0 Å². The Kier molecular flexibility index (Phi) is 6.16. The molecule has 3 N–H and O–H groups in total. The summed E-state index contributed by atoms with van der Waals surface area (Å²) in [6.07, 6.45) is 2.73. The molecular formula is C19H24N2O. The van der Waals surface area contributed by atoms with E-state index in [-0.39, 0.29) is 11.9 Å². The monoisotopic (exact) mass is 296 g/mol.